The van der Waals surface area contributed by atoms with Crippen LogP contribution in [0.1, 0.15) is 38.9 Å². The standard InChI is InChI=1S/C43H35N5O4S2/c49-35(28-36-46-47-42(54-36)45-43(31-20-10-3-11-21-31,32-22-12-4-13-23-32)33-24-14-5-15-25-33)44-37-39(50)48-34(26-27-53-40(37)48)41(51)52-38(29-16-6-1-7-17-29)30-18-8-2-9-19-30/h1-26,37-38,40H,27-28H2,(H,44,49)(H,45,47)/t37?,40-/m1/s1. The molecule has 0 radical (unpaired) electrons. The molecule has 1 fully saturated rings. The Morgan fingerprint density at radius 3 is 1.76 bits per heavy atom. The van der Waals surface area contributed by atoms with Gasteiger partial charge in [-0.1, -0.05) is 163 Å². The fourth-order valence-corrected chi connectivity index (χ4v) is 8.95. The Bertz CT molecular complexity index is 2140. The highest BCUT2D eigenvalue weighted by atomic mass is 32.2. The molecule has 2 amide bonds. The van der Waals surface area contributed by atoms with Gasteiger partial charge in [-0.15, -0.1) is 22.0 Å². The Balaban J connectivity index is 0.956. The van der Waals surface area contributed by atoms with Gasteiger partial charge in [-0.05, 0) is 33.9 Å². The molecule has 8 rings (SSSR count). The van der Waals surface area contributed by atoms with Crippen LogP contribution in [0.3, 0.4) is 0 Å². The van der Waals surface area contributed by atoms with Crippen molar-refractivity contribution in [2.24, 2.45) is 0 Å². The van der Waals surface area contributed by atoms with E-state index in [9.17, 15) is 14.4 Å². The lowest BCUT2D eigenvalue weighted by Gasteiger charge is -2.48. The van der Waals surface area contributed by atoms with Crippen LogP contribution in [0.25, 0.3) is 0 Å². The molecule has 0 saturated carbocycles. The summed E-state index contributed by atoms with van der Waals surface area (Å²) in [6.45, 7) is 0. The third-order valence-corrected chi connectivity index (χ3v) is 11.5. The molecule has 11 heteroatoms. The Hall–Kier alpha value is -6.04. The average molecular weight is 750 g/mol. The smallest absolute Gasteiger partial charge is 0.355 e. The number of carbonyl (C=O) groups is 3. The summed E-state index contributed by atoms with van der Waals surface area (Å²) >= 11 is 2.77. The van der Waals surface area contributed by atoms with Crippen LogP contribution in [0.15, 0.2) is 163 Å². The summed E-state index contributed by atoms with van der Waals surface area (Å²) in [5.41, 5.74) is 4.08. The van der Waals surface area contributed by atoms with Gasteiger partial charge in [0.1, 0.15) is 27.7 Å². The van der Waals surface area contributed by atoms with Gasteiger partial charge in [0, 0.05) is 5.75 Å². The van der Waals surface area contributed by atoms with Gasteiger partial charge in [-0.2, -0.15) is 0 Å². The summed E-state index contributed by atoms with van der Waals surface area (Å²) in [6, 6.07) is 48.7. The molecule has 0 spiro atoms. The second-order valence-corrected chi connectivity index (χ2v) is 15.0. The minimum Gasteiger partial charge on any atom is -0.448 e. The van der Waals surface area contributed by atoms with Gasteiger partial charge in [-0.25, -0.2) is 4.79 Å². The first kappa shape index (κ1) is 35.0. The predicted octanol–water partition coefficient (Wildman–Crippen LogP) is 7.10. The SMILES string of the molecule is O=C(Cc1nnc(NC(c2ccccc2)(c2ccccc2)c2ccccc2)s1)NC1C(=O)N2C(C(=O)OC(c3ccccc3)c3ccccc3)=CCS[C@H]12. The topological polar surface area (TPSA) is 114 Å². The number of hydrogen-bond acceptors (Lipinski definition) is 9. The number of fused-ring (bicyclic) bond motifs is 1. The molecule has 268 valence electrons. The van der Waals surface area contributed by atoms with E-state index in [1.54, 1.807) is 6.08 Å². The van der Waals surface area contributed by atoms with Gasteiger partial charge in [0.05, 0.1) is 6.42 Å². The zero-order valence-electron chi connectivity index (χ0n) is 28.9. The molecular weight excluding hydrogens is 715 g/mol. The highest BCUT2D eigenvalue weighted by molar-refractivity contribution is 8.00. The maximum absolute atomic E-state index is 13.6. The lowest BCUT2D eigenvalue weighted by atomic mass is 9.77. The van der Waals surface area contributed by atoms with Gasteiger partial charge in [0.2, 0.25) is 11.0 Å². The Morgan fingerprint density at radius 2 is 1.24 bits per heavy atom. The van der Waals surface area contributed by atoms with E-state index in [1.807, 2.05) is 115 Å². The molecule has 2 N–H and O–H groups in total. The summed E-state index contributed by atoms with van der Waals surface area (Å²) in [5.74, 6) is -0.826. The van der Waals surface area contributed by atoms with Crippen LogP contribution in [0.5, 0.6) is 0 Å². The van der Waals surface area contributed by atoms with Crippen LogP contribution < -0.4 is 10.6 Å². The van der Waals surface area contributed by atoms with Crippen molar-refractivity contribution in [2.45, 2.75) is 29.5 Å². The van der Waals surface area contributed by atoms with Crippen molar-refractivity contribution in [1.29, 1.82) is 0 Å². The Morgan fingerprint density at radius 1 is 0.741 bits per heavy atom. The van der Waals surface area contributed by atoms with E-state index in [0.717, 1.165) is 27.8 Å². The number of esters is 1. The van der Waals surface area contributed by atoms with Crippen molar-refractivity contribution in [3.8, 4) is 0 Å². The minimum absolute atomic E-state index is 0.0594. The van der Waals surface area contributed by atoms with Crippen LogP contribution in [0.2, 0.25) is 0 Å². The fraction of sp³-hybridized carbons (Fsp3) is 0.140. The first-order valence-corrected chi connectivity index (χ1v) is 19.4. The maximum Gasteiger partial charge on any atom is 0.355 e. The largest absolute Gasteiger partial charge is 0.448 e. The van der Waals surface area contributed by atoms with Crippen LogP contribution in [-0.4, -0.2) is 50.0 Å². The molecule has 2 aliphatic heterocycles. The van der Waals surface area contributed by atoms with Gasteiger partial charge >= 0.3 is 5.97 Å². The quantitative estimate of drug-likeness (QED) is 0.0775. The molecule has 3 heterocycles. The number of hydrogen-bond donors (Lipinski definition) is 2. The number of benzene rings is 5. The summed E-state index contributed by atoms with van der Waals surface area (Å²) in [6.07, 6.45) is 1.00. The Kier molecular flexibility index (Phi) is 10.1. The number of aromatic nitrogens is 2. The van der Waals surface area contributed by atoms with Crippen molar-refractivity contribution in [3.05, 3.63) is 196 Å². The monoisotopic (exact) mass is 749 g/mol. The second kappa shape index (κ2) is 15.5. The van der Waals surface area contributed by atoms with Crippen LogP contribution in [0.4, 0.5) is 5.13 Å². The van der Waals surface area contributed by atoms with E-state index in [2.05, 4.69) is 57.2 Å². The number of ether oxygens (including phenoxy) is 1. The number of anilines is 1. The number of amides is 2. The molecule has 9 nitrogen and oxygen atoms in total. The van der Waals surface area contributed by atoms with Crippen molar-refractivity contribution in [2.75, 3.05) is 11.1 Å². The lowest BCUT2D eigenvalue weighted by molar-refractivity contribution is -0.154. The van der Waals surface area contributed by atoms with E-state index in [-0.39, 0.29) is 23.9 Å². The van der Waals surface area contributed by atoms with Crippen molar-refractivity contribution < 1.29 is 19.1 Å². The minimum atomic E-state index is -0.794. The van der Waals surface area contributed by atoms with Gasteiger partial charge < -0.3 is 15.4 Å². The fourth-order valence-electron chi connectivity index (χ4n) is 6.96. The molecule has 5 aromatic carbocycles. The number of carbonyl (C=O) groups excluding carboxylic acids is 3. The molecule has 0 bridgehead atoms. The van der Waals surface area contributed by atoms with Gasteiger partial charge in [-0.3, -0.25) is 14.5 Å². The number of rotatable bonds is 12. The summed E-state index contributed by atoms with van der Waals surface area (Å²) in [5, 5.41) is 16.0. The van der Waals surface area contributed by atoms with Gasteiger partial charge in [0.25, 0.3) is 5.91 Å². The highest BCUT2D eigenvalue weighted by Crippen LogP contribution is 2.41. The Labute approximate surface area is 321 Å². The van der Waals surface area contributed by atoms with Crippen molar-refractivity contribution >= 4 is 46.0 Å². The molecule has 1 unspecified atom stereocenters. The first-order chi connectivity index (χ1) is 26.5. The number of thioether (sulfide) groups is 1. The number of nitrogens with one attached hydrogen (secondary N) is 2. The van der Waals surface area contributed by atoms with E-state index in [0.29, 0.717) is 15.9 Å². The van der Waals surface area contributed by atoms with E-state index in [4.69, 9.17) is 4.74 Å². The van der Waals surface area contributed by atoms with Crippen molar-refractivity contribution in [1.82, 2.24) is 20.4 Å². The molecule has 2 atom stereocenters. The van der Waals surface area contributed by atoms with Crippen LogP contribution >= 0.6 is 23.1 Å². The lowest BCUT2D eigenvalue weighted by Crippen LogP contribution is -2.70. The van der Waals surface area contributed by atoms with E-state index < -0.39 is 29.0 Å². The molecule has 54 heavy (non-hydrogen) atoms. The molecular formula is C43H35N5O4S2. The van der Waals surface area contributed by atoms with Gasteiger partial charge in [0.15, 0.2) is 6.10 Å². The summed E-state index contributed by atoms with van der Waals surface area (Å²) in [7, 11) is 0. The molecule has 2 aliphatic rings. The number of nitrogens with zero attached hydrogens (tertiary/aromatic N) is 3. The summed E-state index contributed by atoms with van der Waals surface area (Å²) < 4.78 is 6.06. The molecule has 6 aromatic rings. The highest BCUT2D eigenvalue weighted by Gasteiger charge is 2.53. The zero-order chi connectivity index (χ0) is 36.9. The second-order valence-electron chi connectivity index (χ2n) is 12.8. The van der Waals surface area contributed by atoms with Crippen LogP contribution in [0, 0.1) is 0 Å². The molecule has 1 saturated heterocycles. The van der Waals surface area contributed by atoms with E-state index in [1.165, 1.54) is 28.0 Å². The zero-order valence-corrected chi connectivity index (χ0v) is 30.6. The normalized spacial score (nSPS) is 16.5. The molecule has 0 aliphatic carbocycles. The van der Waals surface area contributed by atoms with E-state index >= 15 is 0 Å². The summed E-state index contributed by atoms with van der Waals surface area (Å²) in [4.78, 5) is 42.0. The maximum atomic E-state index is 13.6. The molecule has 1 aromatic heterocycles. The van der Waals surface area contributed by atoms with Crippen LogP contribution in [-0.2, 0) is 31.1 Å². The predicted molar refractivity (Wildman–Crippen MR) is 210 cm³/mol. The van der Waals surface area contributed by atoms with Crippen molar-refractivity contribution in [3.63, 3.8) is 0 Å². The number of β-lactam (4-membered cyclic amide) rings is 1. The third kappa shape index (κ3) is 6.91. The average Bonchev–Trinajstić information content (AvgIpc) is 3.68. The third-order valence-electron chi connectivity index (χ3n) is 9.49. The first-order valence-electron chi connectivity index (χ1n) is 17.5.